The highest BCUT2D eigenvalue weighted by Crippen LogP contribution is 2.20. The number of rotatable bonds is 3. The van der Waals surface area contributed by atoms with Crippen molar-refractivity contribution in [1.82, 2.24) is 4.90 Å². The summed E-state index contributed by atoms with van der Waals surface area (Å²) in [6.07, 6.45) is 3.36. The van der Waals surface area contributed by atoms with Crippen LogP contribution < -0.4 is 5.32 Å². The van der Waals surface area contributed by atoms with Gasteiger partial charge in [0.05, 0.1) is 0 Å². The number of carbonyl (C=O) groups excluding carboxylic acids is 2. The predicted molar refractivity (Wildman–Crippen MR) is 105 cm³/mol. The Morgan fingerprint density at radius 2 is 1.46 bits per heavy atom. The quantitative estimate of drug-likeness (QED) is 0.886. The Bertz CT molecular complexity index is 796. The van der Waals surface area contributed by atoms with E-state index in [2.05, 4.69) is 5.32 Å². The first kappa shape index (κ1) is 18.2. The molecule has 26 heavy (non-hydrogen) atoms. The van der Waals surface area contributed by atoms with Crippen LogP contribution in [0.5, 0.6) is 0 Å². The van der Waals surface area contributed by atoms with Gasteiger partial charge in [-0.15, -0.1) is 0 Å². The number of carbonyl (C=O) groups is 2. The molecule has 1 aliphatic rings. The Morgan fingerprint density at radius 3 is 2.04 bits per heavy atom. The molecule has 0 aromatic heterocycles. The van der Waals surface area contributed by atoms with E-state index < -0.39 is 0 Å². The Balaban J connectivity index is 1.71. The number of hydrogen-bond donors (Lipinski definition) is 1. The lowest BCUT2D eigenvalue weighted by Gasteiger charge is -2.26. The molecule has 2 aromatic carbocycles. The number of amides is 2. The molecular weight excluding hydrogens is 324 g/mol. The molecule has 0 saturated carbocycles. The topological polar surface area (TPSA) is 49.4 Å². The number of aryl methyl sites for hydroxylation is 3. The van der Waals surface area contributed by atoms with Gasteiger partial charge in [-0.3, -0.25) is 9.59 Å². The molecule has 1 N–H and O–H groups in total. The van der Waals surface area contributed by atoms with Crippen molar-refractivity contribution in [2.45, 2.75) is 40.0 Å². The average molecular weight is 350 g/mol. The highest BCUT2D eigenvalue weighted by molar-refractivity contribution is 6.06. The maximum Gasteiger partial charge on any atom is 0.256 e. The molecule has 2 amide bonds. The molecule has 0 aliphatic carbocycles. The average Bonchev–Trinajstić information content (AvgIpc) is 2.61. The van der Waals surface area contributed by atoms with E-state index in [0.29, 0.717) is 16.8 Å². The lowest BCUT2D eigenvalue weighted by atomic mass is 9.99. The van der Waals surface area contributed by atoms with E-state index in [1.807, 2.05) is 37.8 Å². The van der Waals surface area contributed by atoms with Gasteiger partial charge in [-0.05, 0) is 75.4 Å². The minimum atomic E-state index is -0.116. The summed E-state index contributed by atoms with van der Waals surface area (Å²) in [6, 6.07) is 11.2. The van der Waals surface area contributed by atoms with Gasteiger partial charge in [-0.25, -0.2) is 0 Å². The molecule has 0 bridgehead atoms. The van der Waals surface area contributed by atoms with Gasteiger partial charge in [-0.2, -0.15) is 0 Å². The zero-order valence-corrected chi connectivity index (χ0v) is 15.8. The molecule has 0 unspecified atom stereocenters. The monoisotopic (exact) mass is 350 g/mol. The molecular formula is C22H26N2O2. The summed E-state index contributed by atoms with van der Waals surface area (Å²) < 4.78 is 0. The molecule has 0 atom stereocenters. The smallest absolute Gasteiger partial charge is 0.256 e. The van der Waals surface area contributed by atoms with Crippen molar-refractivity contribution >= 4 is 17.5 Å². The first-order valence-corrected chi connectivity index (χ1v) is 9.24. The summed E-state index contributed by atoms with van der Waals surface area (Å²) in [5.74, 6) is -0.0390. The van der Waals surface area contributed by atoms with Crippen LogP contribution >= 0.6 is 0 Å². The van der Waals surface area contributed by atoms with Crippen LogP contribution in [0.1, 0.15) is 56.7 Å². The summed E-state index contributed by atoms with van der Waals surface area (Å²) in [4.78, 5) is 27.1. The van der Waals surface area contributed by atoms with Crippen molar-refractivity contribution in [3.63, 3.8) is 0 Å². The van der Waals surface area contributed by atoms with Gasteiger partial charge in [0.15, 0.2) is 0 Å². The van der Waals surface area contributed by atoms with Gasteiger partial charge in [-0.1, -0.05) is 17.7 Å². The maximum atomic E-state index is 12.6. The second-order valence-corrected chi connectivity index (χ2v) is 7.16. The third kappa shape index (κ3) is 3.96. The highest BCUT2D eigenvalue weighted by atomic mass is 16.2. The summed E-state index contributed by atoms with van der Waals surface area (Å²) in [5, 5.41) is 2.94. The molecule has 1 heterocycles. The van der Waals surface area contributed by atoms with E-state index in [-0.39, 0.29) is 11.8 Å². The normalized spacial score (nSPS) is 14.2. The van der Waals surface area contributed by atoms with Gasteiger partial charge in [0.25, 0.3) is 11.8 Å². The van der Waals surface area contributed by atoms with Crippen molar-refractivity contribution < 1.29 is 9.59 Å². The third-order valence-electron chi connectivity index (χ3n) is 4.94. The maximum absolute atomic E-state index is 12.6. The van der Waals surface area contributed by atoms with E-state index in [4.69, 9.17) is 0 Å². The molecule has 4 nitrogen and oxygen atoms in total. The standard InChI is InChI=1S/C22H26N2O2/c1-15-13-16(2)20(17(3)14-15)21(25)23-19-9-7-18(8-10-19)22(26)24-11-5-4-6-12-24/h7-10,13-14H,4-6,11-12H2,1-3H3,(H,23,25). The fourth-order valence-electron chi connectivity index (χ4n) is 3.71. The molecule has 0 spiro atoms. The van der Waals surface area contributed by atoms with E-state index in [1.165, 1.54) is 6.42 Å². The van der Waals surface area contributed by atoms with Gasteiger partial charge >= 0.3 is 0 Å². The second kappa shape index (κ2) is 7.73. The minimum Gasteiger partial charge on any atom is -0.339 e. The molecule has 0 radical (unpaired) electrons. The second-order valence-electron chi connectivity index (χ2n) is 7.16. The van der Waals surface area contributed by atoms with Crippen molar-refractivity contribution in [3.05, 3.63) is 64.2 Å². The van der Waals surface area contributed by atoms with Crippen LogP contribution in [0.2, 0.25) is 0 Å². The van der Waals surface area contributed by atoms with Crippen molar-refractivity contribution in [2.24, 2.45) is 0 Å². The molecule has 1 saturated heterocycles. The van der Waals surface area contributed by atoms with Crippen molar-refractivity contribution in [3.8, 4) is 0 Å². The summed E-state index contributed by atoms with van der Waals surface area (Å²) in [7, 11) is 0. The lowest BCUT2D eigenvalue weighted by molar-refractivity contribution is 0.0724. The first-order valence-electron chi connectivity index (χ1n) is 9.24. The number of anilines is 1. The zero-order valence-electron chi connectivity index (χ0n) is 15.8. The van der Waals surface area contributed by atoms with Crippen LogP contribution in [0.15, 0.2) is 36.4 Å². The zero-order chi connectivity index (χ0) is 18.7. The van der Waals surface area contributed by atoms with E-state index in [9.17, 15) is 9.59 Å². The van der Waals surface area contributed by atoms with Crippen LogP contribution in [0.4, 0.5) is 5.69 Å². The highest BCUT2D eigenvalue weighted by Gasteiger charge is 2.18. The number of piperidine rings is 1. The van der Waals surface area contributed by atoms with E-state index >= 15 is 0 Å². The minimum absolute atomic E-state index is 0.0767. The molecule has 2 aromatic rings. The summed E-state index contributed by atoms with van der Waals surface area (Å²) >= 11 is 0. The van der Waals surface area contributed by atoms with Gasteiger partial charge in [0.2, 0.25) is 0 Å². The fourth-order valence-corrected chi connectivity index (χ4v) is 3.71. The summed E-state index contributed by atoms with van der Waals surface area (Å²) in [6.45, 7) is 7.61. The van der Waals surface area contributed by atoms with Crippen molar-refractivity contribution in [1.29, 1.82) is 0 Å². The van der Waals surface area contributed by atoms with Crippen LogP contribution in [0.25, 0.3) is 0 Å². The number of nitrogens with one attached hydrogen (secondary N) is 1. The predicted octanol–water partition coefficient (Wildman–Crippen LogP) is 4.49. The Morgan fingerprint density at radius 1 is 0.885 bits per heavy atom. The molecule has 1 fully saturated rings. The number of likely N-dealkylation sites (tertiary alicyclic amines) is 1. The van der Waals surface area contributed by atoms with Crippen LogP contribution in [-0.4, -0.2) is 29.8 Å². The molecule has 4 heteroatoms. The Labute approximate surface area is 155 Å². The Hall–Kier alpha value is -2.62. The SMILES string of the molecule is Cc1cc(C)c(C(=O)Nc2ccc(C(=O)N3CCCCC3)cc2)c(C)c1. The van der Waals surface area contributed by atoms with Crippen LogP contribution in [-0.2, 0) is 0 Å². The molecule has 1 aliphatic heterocycles. The third-order valence-corrected chi connectivity index (χ3v) is 4.94. The van der Waals surface area contributed by atoms with Crippen molar-refractivity contribution in [2.75, 3.05) is 18.4 Å². The lowest BCUT2D eigenvalue weighted by Crippen LogP contribution is -2.35. The number of nitrogens with zero attached hydrogens (tertiary/aromatic N) is 1. The van der Waals surface area contributed by atoms with E-state index in [0.717, 1.165) is 42.6 Å². The van der Waals surface area contributed by atoms with Crippen LogP contribution in [0, 0.1) is 20.8 Å². The fraction of sp³-hybridized carbons (Fsp3) is 0.364. The van der Waals surface area contributed by atoms with E-state index in [1.54, 1.807) is 24.3 Å². The number of benzene rings is 2. The first-order chi connectivity index (χ1) is 12.5. The van der Waals surface area contributed by atoms with Gasteiger partial charge < -0.3 is 10.2 Å². The Kier molecular flexibility index (Phi) is 5.40. The van der Waals surface area contributed by atoms with Gasteiger partial charge in [0.1, 0.15) is 0 Å². The molecule has 3 rings (SSSR count). The van der Waals surface area contributed by atoms with Crippen LogP contribution in [0.3, 0.4) is 0 Å². The summed E-state index contributed by atoms with van der Waals surface area (Å²) in [5.41, 5.74) is 5.17. The number of hydrogen-bond acceptors (Lipinski definition) is 2. The largest absolute Gasteiger partial charge is 0.339 e. The molecule has 136 valence electrons. The van der Waals surface area contributed by atoms with Gasteiger partial charge in [0, 0.05) is 29.9 Å².